The van der Waals surface area contributed by atoms with Crippen molar-refractivity contribution in [2.24, 2.45) is 0 Å². The molecule has 5 nitrogen and oxygen atoms in total. The van der Waals surface area contributed by atoms with Gasteiger partial charge >= 0.3 is 5.97 Å². The molecule has 0 radical (unpaired) electrons. The molecular formula is C15H11BrFNO4. The lowest BCUT2D eigenvalue weighted by Gasteiger charge is -2.10. The molecule has 0 aliphatic rings. The van der Waals surface area contributed by atoms with E-state index in [9.17, 15) is 14.0 Å². The fraction of sp³-hybridized carbons (Fsp3) is 0.0667. The summed E-state index contributed by atoms with van der Waals surface area (Å²) in [5.41, 5.74) is 0.143. The topological polar surface area (TPSA) is 75.6 Å². The Hall–Kier alpha value is -2.41. The van der Waals surface area contributed by atoms with Gasteiger partial charge in [0.25, 0.3) is 5.91 Å². The van der Waals surface area contributed by atoms with E-state index in [0.29, 0.717) is 4.47 Å². The summed E-state index contributed by atoms with van der Waals surface area (Å²) in [5, 5.41) is 11.5. The number of halogens is 2. The molecule has 0 spiro atoms. The van der Waals surface area contributed by atoms with Gasteiger partial charge < -0.3 is 15.2 Å². The SMILES string of the molecule is O=C(COc1cc(F)ccc1Br)Nc1ccccc1C(=O)O. The minimum Gasteiger partial charge on any atom is -0.482 e. The second-order valence-electron chi connectivity index (χ2n) is 4.26. The zero-order chi connectivity index (χ0) is 16.1. The second kappa shape index (κ2) is 7.04. The Morgan fingerprint density at radius 2 is 1.95 bits per heavy atom. The van der Waals surface area contributed by atoms with Gasteiger partial charge in [-0.05, 0) is 40.2 Å². The highest BCUT2D eigenvalue weighted by Gasteiger charge is 2.12. The number of aromatic carboxylic acids is 1. The molecule has 0 bridgehead atoms. The normalized spacial score (nSPS) is 10.1. The number of carbonyl (C=O) groups excluding carboxylic acids is 1. The number of ether oxygens (including phenoxy) is 1. The number of carbonyl (C=O) groups is 2. The lowest BCUT2D eigenvalue weighted by molar-refractivity contribution is -0.118. The molecule has 2 aromatic carbocycles. The molecule has 0 aliphatic carbocycles. The molecule has 0 saturated heterocycles. The van der Waals surface area contributed by atoms with Gasteiger partial charge in [-0.3, -0.25) is 4.79 Å². The summed E-state index contributed by atoms with van der Waals surface area (Å²) in [4.78, 5) is 22.9. The number of hydrogen-bond donors (Lipinski definition) is 2. The summed E-state index contributed by atoms with van der Waals surface area (Å²) in [6.07, 6.45) is 0. The highest BCUT2D eigenvalue weighted by molar-refractivity contribution is 9.10. The van der Waals surface area contributed by atoms with Crippen LogP contribution in [0.2, 0.25) is 0 Å². The predicted molar refractivity (Wildman–Crippen MR) is 81.6 cm³/mol. The van der Waals surface area contributed by atoms with Gasteiger partial charge in [0.15, 0.2) is 6.61 Å². The third-order valence-corrected chi connectivity index (χ3v) is 3.34. The van der Waals surface area contributed by atoms with Crippen LogP contribution in [0.1, 0.15) is 10.4 Å². The first-order valence-electron chi connectivity index (χ1n) is 6.17. The molecule has 114 valence electrons. The third kappa shape index (κ3) is 4.05. The molecule has 1 amide bonds. The van der Waals surface area contributed by atoms with E-state index in [1.54, 1.807) is 12.1 Å². The van der Waals surface area contributed by atoms with Crippen molar-refractivity contribution in [2.45, 2.75) is 0 Å². The molecule has 0 atom stereocenters. The van der Waals surface area contributed by atoms with Crippen molar-refractivity contribution in [2.75, 3.05) is 11.9 Å². The predicted octanol–water partition coefficient (Wildman–Crippen LogP) is 3.30. The summed E-state index contributed by atoms with van der Waals surface area (Å²) >= 11 is 3.18. The summed E-state index contributed by atoms with van der Waals surface area (Å²) in [6.45, 7) is -0.379. The van der Waals surface area contributed by atoms with Gasteiger partial charge in [0.05, 0.1) is 15.7 Å². The van der Waals surface area contributed by atoms with Crippen LogP contribution in [0.3, 0.4) is 0 Å². The molecule has 0 aromatic heterocycles. The third-order valence-electron chi connectivity index (χ3n) is 2.68. The van der Waals surface area contributed by atoms with Gasteiger partial charge in [-0.2, -0.15) is 0 Å². The van der Waals surface area contributed by atoms with E-state index in [1.165, 1.54) is 24.3 Å². The van der Waals surface area contributed by atoms with E-state index in [-0.39, 0.29) is 23.6 Å². The van der Waals surface area contributed by atoms with Crippen LogP contribution in [0.25, 0.3) is 0 Å². The lowest BCUT2D eigenvalue weighted by Crippen LogP contribution is -2.21. The summed E-state index contributed by atoms with van der Waals surface area (Å²) in [5.74, 6) is -2.01. The molecule has 2 rings (SSSR count). The highest BCUT2D eigenvalue weighted by Crippen LogP contribution is 2.25. The molecule has 0 aliphatic heterocycles. The van der Waals surface area contributed by atoms with E-state index < -0.39 is 17.7 Å². The van der Waals surface area contributed by atoms with Crippen LogP contribution in [0.15, 0.2) is 46.9 Å². The maximum absolute atomic E-state index is 13.1. The zero-order valence-corrected chi connectivity index (χ0v) is 12.8. The van der Waals surface area contributed by atoms with Crippen molar-refractivity contribution < 1.29 is 23.8 Å². The van der Waals surface area contributed by atoms with Gasteiger partial charge in [-0.25, -0.2) is 9.18 Å². The Bertz CT molecular complexity index is 720. The van der Waals surface area contributed by atoms with Crippen molar-refractivity contribution in [1.82, 2.24) is 0 Å². The molecule has 0 heterocycles. The molecule has 7 heteroatoms. The fourth-order valence-electron chi connectivity index (χ4n) is 1.70. The number of amides is 1. The lowest BCUT2D eigenvalue weighted by atomic mass is 10.2. The van der Waals surface area contributed by atoms with E-state index in [0.717, 1.165) is 6.07 Å². The summed E-state index contributed by atoms with van der Waals surface area (Å²) in [7, 11) is 0. The highest BCUT2D eigenvalue weighted by atomic mass is 79.9. The largest absolute Gasteiger partial charge is 0.482 e. The Labute approximate surface area is 133 Å². The minimum atomic E-state index is -1.15. The van der Waals surface area contributed by atoms with Crippen molar-refractivity contribution >= 4 is 33.5 Å². The van der Waals surface area contributed by atoms with Crippen LogP contribution < -0.4 is 10.1 Å². The molecule has 0 unspecified atom stereocenters. The van der Waals surface area contributed by atoms with Gasteiger partial charge in [0.1, 0.15) is 11.6 Å². The van der Waals surface area contributed by atoms with Crippen LogP contribution >= 0.6 is 15.9 Å². The average molecular weight is 368 g/mol. The first-order valence-corrected chi connectivity index (χ1v) is 6.96. The Balaban J connectivity index is 2.02. The first-order chi connectivity index (χ1) is 10.5. The maximum atomic E-state index is 13.1. The van der Waals surface area contributed by atoms with Crippen molar-refractivity contribution in [3.05, 3.63) is 58.3 Å². The second-order valence-corrected chi connectivity index (χ2v) is 5.12. The maximum Gasteiger partial charge on any atom is 0.337 e. The van der Waals surface area contributed by atoms with E-state index in [4.69, 9.17) is 9.84 Å². The fourth-order valence-corrected chi connectivity index (χ4v) is 2.06. The van der Waals surface area contributed by atoms with E-state index >= 15 is 0 Å². The molecule has 0 saturated carbocycles. The van der Waals surface area contributed by atoms with E-state index in [1.807, 2.05) is 0 Å². The van der Waals surface area contributed by atoms with E-state index in [2.05, 4.69) is 21.2 Å². The number of rotatable bonds is 5. The zero-order valence-electron chi connectivity index (χ0n) is 11.2. The van der Waals surface area contributed by atoms with Crippen LogP contribution in [-0.2, 0) is 4.79 Å². The summed E-state index contributed by atoms with van der Waals surface area (Å²) in [6, 6.07) is 9.86. The molecular weight excluding hydrogens is 357 g/mol. The monoisotopic (exact) mass is 367 g/mol. The van der Waals surface area contributed by atoms with Crippen molar-refractivity contribution in [3.63, 3.8) is 0 Å². The van der Waals surface area contributed by atoms with Crippen molar-refractivity contribution in [1.29, 1.82) is 0 Å². The summed E-state index contributed by atoms with van der Waals surface area (Å²) < 4.78 is 18.8. The molecule has 22 heavy (non-hydrogen) atoms. The average Bonchev–Trinajstić information content (AvgIpc) is 2.48. The van der Waals surface area contributed by atoms with Crippen LogP contribution in [0.5, 0.6) is 5.75 Å². The number of carboxylic acids is 1. The minimum absolute atomic E-state index is 0.0252. The number of benzene rings is 2. The molecule has 2 aromatic rings. The smallest absolute Gasteiger partial charge is 0.337 e. The molecule has 0 fully saturated rings. The standard InChI is InChI=1S/C15H11BrFNO4/c16-11-6-5-9(17)7-13(11)22-8-14(19)18-12-4-2-1-3-10(12)15(20)21/h1-7H,8H2,(H,18,19)(H,20,21). The first kappa shape index (κ1) is 16.0. The molecule has 2 N–H and O–H groups in total. The van der Waals surface area contributed by atoms with Crippen LogP contribution in [0.4, 0.5) is 10.1 Å². The number of hydrogen-bond acceptors (Lipinski definition) is 3. The Morgan fingerprint density at radius 1 is 1.23 bits per heavy atom. The number of anilines is 1. The Kier molecular flexibility index (Phi) is 5.11. The number of para-hydroxylation sites is 1. The van der Waals surface area contributed by atoms with Crippen LogP contribution in [0, 0.1) is 5.82 Å². The van der Waals surface area contributed by atoms with Crippen LogP contribution in [-0.4, -0.2) is 23.6 Å². The van der Waals surface area contributed by atoms with Gasteiger partial charge in [-0.15, -0.1) is 0 Å². The number of carboxylic acid groups (broad SMARTS) is 1. The van der Waals surface area contributed by atoms with Gasteiger partial charge in [0.2, 0.25) is 0 Å². The van der Waals surface area contributed by atoms with Gasteiger partial charge in [-0.1, -0.05) is 12.1 Å². The Morgan fingerprint density at radius 3 is 2.68 bits per heavy atom. The quantitative estimate of drug-likeness (QED) is 0.849. The van der Waals surface area contributed by atoms with Gasteiger partial charge in [0, 0.05) is 6.07 Å². The number of nitrogens with one attached hydrogen (secondary N) is 1. The van der Waals surface area contributed by atoms with Crippen molar-refractivity contribution in [3.8, 4) is 5.75 Å².